The van der Waals surface area contributed by atoms with E-state index in [1.54, 1.807) is 19.9 Å². The lowest BCUT2D eigenvalue weighted by molar-refractivity contribution is 0.0582. The minimum atomic E-state index is -0.552. The molecule has 9 nitrogen and oxygen atoms in total. The van der Waals surface area contributed by atoms with Gasteiger partial charge in [0.1, 0.15) is 0 Å². The number of esters is 2. The number of methoxy groups -OCH3 is 2. The highest BCUT2D eigenvalue weighted by molar-refractivity contribution is 6.29. The molecule has 0 aliphatic carbocycles. The summed E-state index contributed by atoms with van der Waals surface area (Å²) in [6.07, 6.45) is 0. The van der Waals surface area contributed by atoms with Gasteiger partial charge in [0.15, 0.2) is 16.5 Å². The van der Waals surface area contributed by atoms with Crippen LogP contribution in [-0.4, -0.2) is 46.6 Å². The van der Waals surface area contributed by atoms with Gasteiger partial charge in [0.05, 0.1) is 14.2 Å². The topological polar surface area (TPSA) is 124 Å². The van der Waals surface area contributed by atoms with Crippen LogP contribution in [0.4, 0.5) is 0 Å². The second-order valence-corrected chi connectivity index (χ2v) is 4.83. The number of aromatic amines is 1. The smallest absolute Gasteiger partial charge is 0.358 e. The first-order valence-corrected chi connectivity index (χ1v) is 6.90. The summed E-state index contributed by atoms with van der Waals surface area (Å²) >= 11 is 5.54. The Bertz CT molecular complexity index is 806. The van der Waals surface area contributed by atoms with Crippen LogP contribution in [0.3, 0.4) is 0 Å². The number of nitrogens with zero attached hydrogens (tertiary/aromatic N) is 3. The van der Waals surface area contributed by atoms with Crippen LogP contribution in [0, 0.1) is 13.8 Å². The summed E-state index contributed by atoms with van der Waals surface area (Å²) in [5.41, 5.74) is 1.16. The summed E-state index contributed by atoms with van der Waals surface area (Å²) in [5, 5.41) is 13.1. The van der Waals surface area contributed by atoms with Crippen molar-refractivity contribution in [1.82, 2.24) is 20.4 Å². The molecule has 0 unspecified atom stereocenters. The lowest BCUT2D eigenvalue weighted by Gasteiger charge is -2.00. The molecule has 1 N–H and O–H groups in total. The fourth-order valence-corrected chi connectivity index (χ4v) is 1.75. The summed E-state index contributed by atoms with van der Waals surface area (Å²) in [5.74, 6) is -1.06. The zero-order valence-electron chi connectivity index (χ0n) is 13.4. The molecule has 0 saturated heterocycles. The highest BCUT2D eigenvalue weighted by Gasteiger charge is 2.11. The summed E-state index contributed by atoms with van der Waals surface area (Å²) in [4.78, 5) is 32.6. The zero-order valence-corrected chi connectivity index (χ0v) is 14.2. The number of H-pyrrole nitrogens is 1. The molecule has 0 amide bonds. The van der Waals surface area contributed by atoms with Gasteiger partial charge in [0.25, 0.3) is 5.56 Å². The third-order valence-electron chi connectivity index (χ3n) is 2.71. The van der Waals surface area contributed by atoms with Crippen molar-refractivity contribution in [1.29, 1.82) is 0 Å². The minimum Gasteiger partial charge on any atom is -0.464 e. The Morgan fingerprint density at radius 3 is 2.04 bits per heavy atom. The molecule has 0 radical (unpaired) electrons. The van der Waals surface area contributed by atoms with E-state index in [1.807, 2.05) is 0 Å². The molecule has 0 saturated carbocycles. The van der Waals surface area contributed by atoms with Gasteiger partial charge in [0.2, 0.25) is 0 Å². The van der Waals surface area contributed by atoms with Crippen LogP contribution in [0.15, 0.2) is 16.9 Å². The van der Waals surface area contributed by atoms with Crippen LogP contribution in [0.25, 0.3) is 0 Å². The van der Waals surface area contributed by atoms with Crippen LogP contribution in [0.5, 0.6) is 0 Å². The predicted octanol–water partition coefficient (Wildman–Crippen LogP) is 1.09. The second kappa shape index (κ2) is 8.73. The van der Waals surface area contributed by atoms with Gasteiger partial charge in [-0.05, 0) is 31.0 Å². The van der Waals surface area contributed by atoms with Gasteiger partial charge in [-0.15, -0.1) is 10.2 Å². The van der Waals surface area contributed by atoms with Crippen LogP contribution in [-0.2, 0) is 9.47 Å². The normalized spacial score (nSPS) is 9.54. The largest absolute Gasteiger partial charge is 0.464 e. The first-order chi connectivity index (χ1) is 11.3. The Labute approximate surface area is 142 Å². The molecule has 0 atom stereocenters. The fraction of sp³-hybridized carbons (Fsp3) is 0.286. The summed E-state index contributed by atoms with van der Waals surface area (Å²) in [6, 6.07) is 2.85. The predicted molar refractivity (Wildman–Crippen MR) is 84.1 cm³/mol. The number of halogens is 1. The molecule has 128 valence electrons. The van der Waals surface area contributed by atoms with Gasteiger partial charge >= 0.3 is 11.9 Å². The lowest BCUT2D eigenvalue weighted by Crippen LogP contribution is -2.15. The Balaban J connectivity index is 0.000000240. The molecular formula is C14H15ClN4O5. The van der Waals surface area contributed by atoms with Crippen LogP contribution in [0.2, 0.25) is 5.15 Å². The fourth-order valence-electron chi connectivity index (χ4n) is 1.55. The first kappa shape index (κ1) is 19.2. The van der Waals surface area contributed by atoms with E-state index in [0.29, 0.717) is 11.1 Å². The van der Waals surface area contributed by atoms with Crippen LogP contribution >= 0.6 is 11.6 Å². The number of ether oxygens (including phenoxy) is 2. The van der Waals surface area contributed by atoms with Crippen molar-refractivity contribution >= 4 is 23.5 Å². The summed E-state index contributed by atoms with van der Waals surface area (Å²) in [7, 11) is 2.55. The van der Waals surface area contributed by atoms with Gasteiger partial charge in [-0.3, -0.25) is 4.79 Å². The van der Waals surface area contributed by atoms with Crippen molar-refractivity contribution in [3.8, 4) is 0 Å². The Morgan fingerprint density at radius 1 is 1.00 bits per heavy atom. The van der Waals surface area contributed by atoms with Crippen molar-refractivity contribution in [3.63, 3.8) is 0 Å². The molecule has 24 heavy (non-hydrogen) atoms. The van der Waals surface area contributed by atoms with E-state index < -0.39 is 11.9 Å². The maximum Gasteiger partial charge on any atom is 0.358 e. The van der Waals surface area contributed by atoms with E-state index in [2.05, 4.69) is 29.9 Å². The molecular weight excluding hydrogens is 340 g/mol. The number of carbonyl (C=O) groups excluding carboxylic acids is 2. The van der Waals surface area contributed by atoms with Crippen LogP contribution in [0.1, 0.15) is 32.1 Å². The molecule has 0 spiro atoms. The van der Waals surface area contributed by atoms with E-state index >= 15 is 0 Å². The molecule has 0 bridgehead atoms. The van der Waals surface area contributed by atoms with Gasteiger partial charge in [-0.25, -0.2) is 14.7 Å². The van der Waals surface area contributed by atoms with Crippen molar-refractivity contribution in [2.75, 3.05) is 14.2 Å². The average Bonchev–Trinajstić information content (AvgIpc) is 2.54. The summed E-state index contributed by atoms with van der Waals surface area (Å²) < 4.78 is 8.91. The SMILES string of the molecule is COC(=O)c1n[nH]c(=O)cc1C.COC(=O)c1nnc(Cl)cc1C. The van der Waals surface area contributed by atoms with E-state index in [0.717, 1.165) is 0 Å². The highest BCUT2D eigenvalue weighted by atomic mass is 35.5. The van der Waals surface area contributed by atoms with Crippen molar-refractivity contribution in [3.05, 3.63) is 50.2 Å². The maximum atomic E-state index is 11.0. The Morgan fingerprint density at radius 2 is 1.54 bits per heavy atom. The summed E-state index contributed by atoms with van der Waals surface area (Å²) in [6.45, 7) is 3.33. The van der Waals surface area contributed by atoms with Crippen LogP contribution < -0.4 is 5.56 Å². The van der Waals surface area contributed by atoms with Crippen molar-refractivity contribution in [2.24, 2.45) is 0 Å². The first-order valence-electron chi connectivity index (χ1n) is 6.53. The molecule has 2 aromatic heterocycles. The quantitative estimate of drug-likeness (QED) is 0.794. The van der Waals surface area contributed by atoms with Crippen molar-refractivity contribution in [2.45, 2.75) is 13.8 Å². The van der Waals surface area contributed by atoms with Gasteiger partial charge < -0.3 is 9.47 Å². The highest BCUT2D eigenvalue weighted by Crippen LogP contribution is 2.09. The van der Waals surface area contributed by atoms with Gasteiger partial charge in [-0.1, -0.05) is 11.6 Å². The third kappa shape index (κ3) is 5.13. The molecule has 2 aromatic rings. The molecule has 10 heteroatoms. The van der Waals surface area contributed by atoms with Crippen molar-refractivity contribution < 1.29 is 19.1 Å². The molecule has 0 fully saturated rings. The molecule has 0 aliphatic rings. The molecule has 2 heterocycles. The van der Waals surface area contributed by atoms with E-state index in [-0.39, 0.29) is 22.1 Å². The standard InChI is InChI=1S/C7H7ClN2O2.C7H8N2O3/c1-4-3-5(8)9-10-6(4)7(11)12-2;1-4-3-5(10)8-9-6(4)7(11)12-2/h3H,1-2H3;3H,1-2H3,(H,8,10). The van der Waals surface area contributed by atoms with E-state index in [9.17, 15) is 14.4 Å². The maximum absolute atomic E-state index is 11.0. The molecule has 0 aromatic carbocycles. The Hall–Kier alpha value is -2.81. The number of aromatic nitrogens is 4. The van der Waals surface area contributed by atoms with E-state index in [1.165, 1.54) is 20.3 Å². The number of hydrogen-bond donors (Lipinski definition) is 1. The molecule has 0 aliphatic heterocycles. The lowest BCUT2D eigenvalue weighted by atomic mass is 10.2. The monoisotopic (exact) mass is 354 g/mol. The Kier molecular flexibility index (Phi) is 6.99. The average molecular weight is 355 g/mol. The zero-order chi connectivity index (χ0) is 18.3. The second-order valence-electron chi connectivity index (χ2n) is 4.45. The number of rotatable bonds is 2. The number of carbonyl (C=O) groups is 2. The number of hydrogen-bond acceptors (Lipinski definition) is 8. The third-order valence-corrected chi connectivity index (χ3v) is 2.90. The van der Waals surface area contributed by atoms with Gasteiger partial charge in [-0.2, -0.15) is 5.10 Å². The minimum absolute atomic E-state index is 0.136. The number of nitrogens with one attached hydrogen (secondary N) is 1. The molecule has 2 rings (SSSR count). The number of aryl methyl sites for hydroxylation is 2. The van der Waals surface area contributed by atoms with E-state index in [4.69, 9.17) is 11.6 Å². The van der Waals surface area contributed by atoms with Gasteiger partial charge in [0, 0.05) is 6.07 Å².